The smallest absolute Gasteiger partial charge is 0.306 e. The topological polar surface area (TPSA) is 95.9 Å². The summed E-state index contributed by atoms with van der Waals surface area (Å²) in [5.41, 5.74) is 0.523. The van der Waals surface area contributed by atoms with Gasteiger partial charge < -0.3 is 20.1 Å². The summed E-state index contributed by atoms with van der Waals surface area (Å²) in [5, 5.41) is 12.0. The molecule has 0 radical (unpaired) electrons. The second kappa shape index (κ2) is 9.57. The highest BCUT2D eigenvalue weighted by Gasteiger charge is 2.26. The fourth-order valence-corrected chi connectivity index (χ4v) is 3.84. The number of rotatable bonds is 6. The molecule has 1 aliphatic carbocycles. The predicted octanol–water partition coefficient (Wildman–Crippen LogP) is 2.45. The lowest BCUT2D eigenvalue weighted by atomic mass is 9.86. The summed E-state index contributed by atoms with van der Waals surface area (Å²) in [6.45, 7) is 1.61. The minimum atomic E-state index is -0.751. The van der Waals surface area contributed by atoms with Crippen LogP contribution in [0.3, 0.4) is 0 Å². The second-order valence-electron chi connectivity index (χ2n) is 7.61. The summed E-state index contributed by atoms with van der Waals surface area (Å²) < 4.78 is 5.56. The highest BCUT2D eigenvalue weighted by atomic mass is 16.5. The minimum Gasteiger partial charge on any atom is -0.484 e. The largest absolute Gasteiger partial charge is 0.484 e. The van der Waals surface area contributed by atoms with Gasteiger partial charge in [-0.25, -0.2) is 0 Å². The first-order valence-corrected chi connectivity index (χ1v) is 10.1. The van der Waals surface area contributed by atoms with Crippen molar-refractivity contribution in [3.63, 3.8) is 0 Å². The van der Waals surface area contributed by atoms with Gasteiger partial charge in [0.15, 0.2) is 6.61 Å². The molecule has 1 saturated heterocycles. The molecule has 2 aliphatic rings. The van der Waals surface area contributed by atoms with Gasteiger partial charge in [0.2, 0.25) is 0 Å². The number of aliphatic carboxylic acids is 1. The van der Waals surface area contributed by atoms with E-state index in [-0.39, 0.29) is 30.4 Å². The summed E-state index contributed by atoms with van der Waals surface area (Å²) in [6.07, 6.45) is 5.83. The number of carbonyl (C=O) groups is 3. The van der Waals surface area contributed by atoms with E-state index in [1.807, 2.05) is 4.90 Å². The molecule has 7 heteroatoms. The summed E-state index contributed by atoms with van der Waals surface area (Å²) in [4.78, 5) is 37.4. The molecule has 0 bridgehead atoms. The number of hydrogen-bond acceptors (Lipinski definition) is 4. The van der Waals surface area contributed by atoms with Gasteiger partial charge in [-0.3, -0.25) is 14.4 Å². The average Bonchev–Trinajstić information content (AvgIpc) is 2.73. The lowest BCUT2D eigenvalue weighted by Crippen LogP contribution is -2.38. The molecule has 1 aromatic rings. The molecule has 1 saturated carbocycles. The Bertz CT molecular complexity index is 689. The maximum Gasteiger partial charge on any atom is 0.306 e. The van der Waals surface area contributed by atoms with Crippen LogP contribution >= 0.6 is 0 Å². The number of nitrogens with one attached hydrogen (secondary N) is 1. The number of benzene rings is 1. The third kappa shape index (κ3) is 5.47. The molecule has 1 heterocycles. The third-order valence-electron chi connectivity index (χ3n) is 5.60. The van der Waals surface area contributed by atoms with Crippen molar-refractivity contribution in [1.29, 1.82) is 0 Å². The zero-order chi connectivity index (χ0) is 19.9. The van der Waals surface area contributed by atoms with Crippen LogP contribution in [0, 0.1) is 5.92 Å². The van der Waals surface area contributed by atoms with Crippen molar-refractivity contribution in [1.82, 2.24) is 10.2 Å². The van der Waals surface area contributed by atoms with Gasteiger partial charge in [-0.2, -0.15) is 0 Å². The Kier molecular flexibility index (Phi) is 6.90. The molecule has 152 valence electrons. The Balaban J connectivity index is 1.44. The molecule has 3 rings (SSSR count). The Morgan fingerprint density at radius 2 is 1.64 bits per heavy atom. The molecule has 2 N–H and O–H groups in total. The minimum absolute atomic E-state index is 0.00140. The molecule has 0 aromatic heterocycles. The first kappa shape index (κ1) is 20.2. The molecule has 1 aliphatic heterocycles. The van der Waals surface area contributed by atoms with E-state index in [2.05, 4.69) is 5.32 Å². The van der Waals surface area contributed by atoms with E-state index >= 15 is 0 Å². The van der Waals surface area contributed by atoms with Crippen LogP contribution in [0.4, 0.5) is 0 Å². The Hall–Kier alpha value is -2.57. The number of piperidine rings is 1. The number of carboxylic acid groups (broad SMARTS) is 1. The molecule has 0 atom stereocenters. The lowest BCUT2D eigenvalue weighted by molar-refractivity contribution is -0.142. The Morgan fingerprint density at radius 1 is 1.00 bits per heavy atom. The van der Waals surface area contributed by atoms with Gasteiger partial charge in [-0.05, 0) is 69.2 Å². The predicted molar refractivity (Wildman–Crippen MR) is 103 cm³/mol. The number of ether oxygens (including phenoxy) is 1. The van der Waals surface area contributed by atoms with Crippen molar-refractivity contribution in [2.75, 3.05) is 19.7 Å². The molecular weight excluding hydrogens is 360 g/mol. The summed E-state index contributed by atoms with van der Waals surface area (Å²) >= 11 is 0. The Labute approximate surface area is 165 Å². The summed E-state index contributed by atoms with van der Waals surface area (Å²) in [6, 6.07) is 6.76. The monoisotopic (exact) mass is 388 g/mol. The third-order valence-corrected chi connectivity index (χ3v) is 5.60. The van der Waals surface area contributed by atoms with Crippen LogP contribution in [-0.4, -0.2) is 53.5 Å². The van der Waals surface area contributed by atoms with Crippen molar-refractivity contribution in [3.05, 3.63) is 29.8 Å². The van der Waals surface area contributed by atoms with Crippen LogP contribution in [0.15, 0.2) is 24.3 Å². The lowest BCUT2D eigenvalue weighted by Gasteiger charge is -2.27. The van der Waals surface area contributed by atoms with E-state index in [1.165, 1.54) is 6.42 Å². The maximum atomic E-state index is 12.4. The normalized spacial score (nSPS) is 22.4. The number of likely N-dealkylation sites (tertiary alicyclic amines) is 1. The fraction of sp³-hybridized carbons (Fsp3) is 0.571. The number of amides is 2. The van der Waals surface area contributed by atoms with Crippen molar-refractivity contribution >= 4 is 17.8 Å². The molecule has 28 heavy (non-hydrogen) atoms. The maximum absolute atomic E-state index is 12.4. The molecule has 2 fully saturated rings. The Morgan fingerprint density at radius 3 is 2.25 bits per heavy atom. The molecule has 2 amide bonds. The molecule has 0 unspecified atom stereocenters. The van der Waals surface area contributed by atoms with Crippen LogP contribution < -0.4 is 10.1 Å². The van der Waals surface area contributed by atoms with Gasteiger partial charge in [0.1, 0.15) is 5.75 Å². The number of hydrogen-bond donors (Lipinski definition) is 2. The van der Waals surface area contributed by atoms with Crippen LogP contribution in [0.25, 0.3) is 0 Å². The first-order chi connectivity index (χ1) is 13.5. The van der Waals surface area contributed by atoms with Crippen molar-refractivity contribution in [3.8, 4) is 5.75 Å². The van der Waals surface area contributed by atoms with Crippen LogP contribution in [0.2, 0.25) is 0 Å². The SMILES string of the molecule is O=C(NC1CCC(C(=O)O)CC1)c1ccc(OCC(=O)N2CCCCC2)cc1. The zero-order valence-corrected chi connectivity index (χ0v) is 16.1. The molecule has 7 nitrogen and oxygen atoms in total. The second-order valence-corrected chi connectivity index (χ2v) is 7.61. The first-order valence-electron chi connectivity index (χ1n) is 10.1. The van der Waals surface area contributed by atoms with Crippen molar-refractivity contribution in [2.24, 2.45) is 5.92 Å². The summed E-state index contributed by atoms with van der Waals surface area (Å²) in [5.74, 6) is -0.659. The fourth-order valence-electron chi connectivity index (χ4n) is 3.84. The molecular formula is C21H28N2O5. The van der Waals surface area contributed by atoms with E-state index < -0.39 is 5.97 Å². The summed E-state index contributed by atoms with van der Waals surface area (Å²) in [7, 11) is 0. The van der Waals surface area contributed by atoms with Gasteiger partial charge in [-0.1, -0.05) is 0 Å². The molecule has 0 spiro atoms. The van der Waals surface area contributed by atoms with Gasteiger partial charge >= 0.3 is 5.97 Å². The van der Waals surface area contributed by atoms with Gasteiger partial charge in [0.05, 0.1) is 5.92 Å². The van der Waals surface area contributed by atoms with Crippen LogP contribution in [-0.2, 0) is 9.59 Å². The van der Waals surface area contributed by atoms with Gasteiger partial charge in [-0.15, -0.1) is 0 Å². The van der Waals surface area contributed by atoms with Gasteiger partial charge in [0.25, 0.3) is 11.8 Å². The number of nitrogens with zero attached hydrogens (tertiary/aromatic N) is 1. The van der Waals surface area contributed by atoms with E-state index in [9.17, 15) is 14.4 Å². The van der Waals surface area contributed by atoms with E-state index in [4.69, 9.17) is 9.84 Å². The van der Waals surface area contributed by atoms with E-state index in [0.717, 1.165) is 25.9 Å². The van der Waals surface area contributed by atoms with Crippen LogP contribution in [0.1, 0.15) is 55.3 Å². The van der Waals surface area contributed by atoms with E-state index in [1.54, 1.807) is 24.3 Å². The quantitative estimate of drug-likeness (QED) is 0.780. The van der Waals surface area contributed by atoms with Crippen molar-refractivity contribution < 1.29 is 24.2 Å². The number of carboxylic acids is 1. The number of carbonyl (C=O) groups excluding carboxylic acids is 2. The zero-order valence-electron chi connectivity index (χ0n) is 16.1. The van der Waals surface area contributed by atoms with Crippen molar-refractivity contribution in [2.45, 2.75) is 51.0 Å². The molecule has 1 aromatic carbocycles. The highest BCUT2D eigenvalue weighted by molar-refractivity contribution is 5.94. The van der Waals surface area contributed by atoms with E-state index in [0.29, 0.717) is 37.0 Å². The highest BCUT2D eigenvalue weighted by Crippen LogP contribution is 2.24. The van der Waals surface area contributed by atoms with Gasteiger partial charge in [0, 0.05) is 24.7 Å². The van der Waals surface area contributed by atoms with Crippen LogP contribution in [0.5, 0.6) is 5.75 Å². The standard InChI is InChI=1S/C21H28N2O5/c24-19(23-12-2-1-3-13-23)14-28-18-10-6-15(7-11-18)20(25)22-17-8-4-16(5-9-17)21(26)27/h6-7,10-11,16-17H,1-5,8-9,12-14H2,(H,22,25)(H,26,27). The average molecular weight is 388 g/mol.